The molecule has 7 heteroatoms. The highest BCUT2D eigenvalue weighted by molar-refractivity contribution is 5.89. The van der Waals surface area contributed by atoms with E-state index in [-0.39, 0.29) is 11.8 Å². The lowest BCUT2D eigenvalue weighted by Gasteiger charge is -2.21. The molecular formula is C20H20FN5O. The minimum Gasteiger partial charge on any atom is -0.319 e. The number of nitrogens with one attached hydrogen (secondary N) is 1. The summed E-state index contributed by atoms with van der Waals surface area (Å²) in [5.41, 5.74) is 4.69. The number of urea groups is 1. The van der Waals surface area contributed by atoms with Gasteiger partial charge in [-0.2, -0.15) is 5.10 Å². The van der Waals surface area contributed by atoms with E-state index in [1.165, 1.54) is 17.7 Å². The number of halogens is 1. The zero-order chi connectivity index (χ0) is 18.8. The van der Waals surface area contributed by atoms with Crippen LogP contribution < -0.4 is 5.32 Å². The predicted molar refractivity (Wildman–Crippen MR) is 101 cm³/mol. The molecule has 0 fully saturated rings. The second-order valence-electron chi connectivity index (χ2n) is 6.60. The van der Waals surface area contributed by atoms with Gasteiger partial charge in [0.1, 0.15) is 5.82 Å². The summed E-state index contributed by atoms with van der Waals surface area (Å²) < 4.78 is 14.9. The minimum atomic E-state index is -0.328. The summed E-state index contributed by atoms with van der Waals surface area (Å²) in [6.45, 7) is 1.13. The van der Waals surface area contributed by atoms with Gasteiger partial charge in [0, 0.05) is 42.8 Å². The zero-order valence-electron chi connectivity index (χ0n) is 15.0. The molecule has 138 valence electrons. The molecule has 3 heterocycles. The molecule has 6 nitrogen and oxygen atoms in total. The Labute approximate surface area is 156 Å². The van der Waals surface area contributed by atoms with Crippen LogP contribution in [0.1, 0.15) is 17.7 Å². The quantitative estimate of drug-likeness (QED) is 0.755. The molecular weight excluding hydrogens is 345 g/mol. The Kier molecular flexibility index (Phi) is 4.58. The van der Waals surface area contributed by atoms with Gasteiger partial charge < -0.3 is 10.2 Å². The Hall–Kier alpha value is -3.22. The molecule has 0 unspecified atom stereocenters. The van der Waals surface area contributed by atoms with Crippen molar-refractivity contribution in [3.05, 3.63) is 65.9 Å². The number of benzene rings is 1. The summed E-state index contributed by atoms with van der Waals surface area (Å²) in [7, 11) is 1.90. The number of pyridine rings is 1. The molecule has 0 saturated heterocycles. The highest BCUT2D eigenvalue weighted by Crippen LogP contribution is 2.29. The number of aromatic nitrogens is 3. The maximum Gasteiger partial charge on any atom is 0.322 e. The van der Waals surface area contributed by atoms with Crippen LogP contribution in [0.5, 0.6) is 0 Å². The third kappa shape index (κ3) is 3.53. The van der Waals surface area contributed by atoms with Gasteiger partial charge in [0.05, 0.1) is 17.9 Å². The molecule has 1 aliphatic heterocycles. The topological polar surface area (TPSA) is 63.1 Å². The largest absolute Gasteiger partial charge is 0.322 e. The van der Waals surface area contributed by atoms with Gasteiger partial charge in [-0.1, -0.05) is 0 Å². The van der Waals surface area contributed by atoms with Gasteiger partial charge in [-0.3, -0.25) is 9.67 Å². The van der Waals surface area contributed by atoms with Gasteiger partial charge >= 0.3 is 6.03 Å². The van der Waals surface area contributed by atoms with Gasteiger partial charge in [-0.15, -0.1) is 0 Å². The highest BCUT2D eigenvalue weighted by atomic mass is 19.1. The van der Waals surface area contributed by atoms with Crippen molar-refractivity contribution in [2.45, 2.75) is 19.4 Å². The Morgan fingerprint density at radius 1 is 1.22 bits per heavy atom. The Morgan fingerprint density at radius 3 is 2.78 bits per heavy atom. The van der Waals surface area contributed by atoms with E-state index in [2.05, 4.69) is 15.4 Å². The van der Waals surface area contributed by atoms with Gasteiger partial charge in [0.25, 0.3) is 0 Å². The van der Waals surface area contributed by atoms with E-state index in [0.29, 0.717) is 18.8 Å². The lowest BCUT2D eigenvalue weighted by Crippen LogP contribution is -2.35. The summed E-state index contributed by atoms with van der Waals surface area (Å²) in [5, 5.41) is 7.50. The fourth-order valence-electron chi connectivity index (χ4n) is 3.41. The van der Waals surface area contributed by atoms with Crippen LogP contribution >= 0.6 is 0 Å². The third-order valence-corrected chi connectivity index (χ3v) is 4.79. The maximum absolute atomic E-state index is 13.0. The van der Waals surface area contributed by atoms with E-state index < -0.39 is 0 Å². The monoisotopic (exact) mass is 365 g/mol. The van der Waals surface area contributed by atoms with Crippen molar-refractivity contribution in [2.75, 3.05) is 11.9 Å². The van der Waals surface area contributed by atoms with Crippen molar-refractivity contribution in [1.82, 2.24) is 19.7 Å². The normalized spacial score (nSPS) is 13.8. The third-order valence-electron chi connectivity index (χ3n) is 4.79. The number of fused-ring (bicyclic) bond motifs is 1. The number of hydrogen-bond donors (Lipinski definition) is 1. The number of amides is 2. The first kappa shape index (κ1) is 17.2. The van der Waals surface area contributed by atoms with E-state index in [4.69, 9.17) is 0 Å². The van der Waals surface area contributed by atoms with E-state index in [1.54, 1.807) is 23.2 Å². The molecule has 0 saturated carbocycles. The summed E-state index contributed by atoms with van der Waals surface area (Å²) in [5.74, 6) is -0.328. The Morgan fingerprint density at radius 2 is 2.04 bits per heavy atom. The number of hydrogen-bond acceptors (Lipinski definition) is 3. The highest BCUT2D eigenvalue weighted by Gasteiger charge is 2.25. The first-order valence-electron chi connectivity index (χ1n) is 8.88. The average Bonchev–Trinajstić information content (AvgIpc) is 2.85. The van der Waals surface area contributed by atoms with Crippen LogP contribution in [0.3, 0.4) is 0 Å². The first-order chi connectivity index (χ1) is 13.1. The predicted octanol–water partition coefficient (Wildman–Crippen LogP) is 3.60. The summed E-state index contributed by atoms with van der Waals surface area (Å²) in [6, 6.07) is 9.48. The molecule has 3 aromatic rings. The number of carbonyl (C=O) groups excluding carboxylic acids is 1. The van der Waals surface area contributed by atoms with Gasteiger partial charge in [0.2, 0.25) is 0 Å². The van der Waals surface area contributed by atoms with E-state index in [1.807, 2.05) is 30.1 Å². The van der Waals surface area contributed by atoms with Crippen LogP contribution in [-0.4, -0.2) is 32.2 Å². The number of anilines is 1. The lowest BCUT2D eigenvalue weighted by atomic mass is 10.0. The average molecular weight is 365 g/mol. The fourth-order valence-corrected chi connectivity index (χ4v) is 3.41. The van der Waals surface area contributed by atoms with Crippen molar-refractivity contribution < 1.29 is 9.18 Å². The summed E-state index contributed by atoms with van der Waals surface area (Å²) in [6.07, 6.45) is 5.26. The minimum absolute atomic E-state index is 0.196. The van der Waals surface area contributed by atoms with Gasteiger partial charge in [-0.05, 0) is 49.2 Å². The van der Waals surface area contributed by atoms with E-state index in [0.717, 1.165) is 29.8 Å². The molecule has 1 aliphatic rings. The lowest BCUT2D eigenvalue weighted by molar-refractivity contribution is 0.208. The van der Waals surface area contributed by atoms with Crippen LogP contribution in [0, 0.1) is 5.82 Å². The molecule has 0 radical (unpaired) electrons. The summed E-state index contributed by atoms with van der Waals surface area (Å²) in [4.78, 5) is 18.6. The molecule has 1 N–H and O–H groups in total. The smallest absolute Gasteiger partial charge is 0.319 e. The van der Waals surface area contributed by atoms with Crippen LogP contribution in [0.15, 0.2) is 48.8 Å². The number of carbonyl (C=O) groups is 1. The number of rotatable bonds is 2. The molecule has 4 rings (SSSR count). The molecule has 0 aliphatic carbocycles. The molecule has 0 spiro atoms. The van der Waals surface area contributed by atoms with Crippen molar-refractivity contribution in [3.8, 4) is 11.3 Å². The molecule has 0 atom stereocenters. The first-order valence-corrected chi connectivity index (χ1v) is 8.88. The van der Waals surface area contributed by atoms with Gasteiger partial charge in [0.15, 0.2) is 0 Å². The Bertz CT molecular complexity index is 953. The molecule has 0 bridgehead atoms. The number of nitrogens with zero attached hydrogens (tertiary/aromatic N) is 4. The van der Waals surface area contributed by atoms with E-state index in [9.17, 15) is 9.18 Å². The SMILES string of the molecule is Cn1nc(-c2cccnc2)c2c1CN(C(=O)Nc1ccc(F)cc1)CCC2. The summed E-state index contributed by atoms with van der Waals surface area (Å²) >= 11 is 0. The molecule has 2 amide bonds. The zero-order valence-corrected chi connectivity index (χ0v) is 15.0. The van der Waals surface area contributed by atoms with Crippen LogP contribution in [0.2, 0.25) is 0 Å². The van der Waals surface area contributed by atoms with Crippen LogP contribution in [0.4, 0.5) is 14.9 Å². The maximum atomic E-state index is 13.0. The van der Waals surface area contributed by atoms with Gasteiger partial charge in [-0.25, -0.2) is 9.18 Å². The van der Waals surface area contributed by atoms with Crippen molar-refractivity contribution in [2.24, 2.45) is 7.05 Å². The van der Waals surface area contributed by atoms with Crippen LogP contribution in [0.25, 0.3) is 11.3 Å². The number of aryl methyl sites for hydroxylation is 1. The van der Waals surface area contributed by atoms with Crippen LogP contribution in [-0.2, 0) is 20.0 Å². The van der Waals surface area contributed by atoms with Crippen molar-refractivity contribution in [3.63, 3.8) is 0 Å². The molecule has 27 heavy (non-hydrogen) atoms. The van der Waals surface area contributed by atoms with Crippen molar-refractivity contribution in [1.29, 1.82) is 0 Å². The van der Waals surface area contributed by atoms with E-state index >= 15 is 0 Å². The second kappa shape index (κ2) is 7.19. The molecule has 2 aromatic heterocycles. The standard InChI is InChI=1S/C20H20FN5O/c1-25-18-13-26(20(27)23-16-8-6-15(21)7-9-16)11-3-5-17(18)19(24-25)14-4-2-10-22-12-14/h2,4,6-10,12H,3,5,11,13H2,1H3,(H,23,27). The second-order valence-corrected chi connectivity index (χ2v) is 6.60. The molecule has 1 aromatic carbocycles. The van der Waals surface area contributed by atoms with Crippen molar-refractivity contribution >= 4 is 11.7 Å². The fraction of sp³-hybridized carbons (Fsp3) is 0.250. The Balaban J connectivity index is 1.57.